The van der Waals surface area contributed by atoms with Crippen LogP contribution < -0.4 is 0 Å². The second-order valence-electron chi connectivity index (χ2n) is 6.42. The number of hydrogen-bond donors (Lipinski definition) is 0. The van der Waals surface area contributed by atoms with Crippen molar-refractivity contribution in [3.63, 3.8) is 0 Å². The van der Waals surface area contributed by atoms with Crippen LogP contribution >= 0.6 is 11.6 Å². The van der Waals surface area contributed by atoms with Gasteiger partial charge in [0.25, 0.3) is 0 Å². The van der Waals surface area contributed by atoms with Crippen molar-refractivity contribution in [2.75, 3.05) is 13.1 Å². The fourth-order valence-corrected chi connectivity index (χ4v) is 3.78. The van der Waals surface area contributed by atoms with Crippen LogP contribution in [0.5, 0.6) is 0 Å². The van der Waals surface area contributed by atoms with Crippen molar-refractivity contribution in [3.05, 3.63) is 41.2 Å². The van der Waals surface area contributed by atoms with Crippen molar-refractivity contribution >= 4 is 23.3 Å². The molecule has 5 heteroatoms. The molecule has 0 saturated carbocycles. The molecule has 3 atom stereocenters. The Morgan fingerprint density at radius 3 is 2.74 bits per heavy atom. The van der Waals surface area contributed by atoms with Crippen molar-refractivity contribution in [1.82, 2.24) is 4.90 Å². The maximum Gasteiger partial charge on any atom is 0.411 e. The van der Waals surface area contributed by atoms with Crippen LogP contribution in [0.1, 0.15) is 32.3 Å². The number of rotatable bonds is 2. The molecule has 3 rings (SSSR count). The van der Waals surface area contributed by atoms with Crippen LogP contribution in [-0.4, -0.2) is 29.6 Å². The van der Waals surface area contributed by atoms with E-state index in [0.717, 1.165) is 18.4 Å². The Kier molecular flexibility index (Phi) is 4.62. The van der Waals surface area contributed by atoms with Gasteiger partial charge >= 0.3 is 6.09 Å². The molecule has 0 aromatic heterocycles. The van der Waals surface area contributed by atoms with E-state index in [1.54, 1.807) is 11.8 Å². The molecule has 0 radical (unpaired) electrons. The number of halogens is 2. The molecular weight excluding hydrogens is 317 g/mol. The number of carbonyl (C=O) groups excluding carboxylic acids is 1. The molecule has 1 aliphatic heterocycles. The third-order valence-electron chi connectivity index (χ3n) is 4.83. The molecule has 0 N–H and O–H groups in total. The predicted molar refractivity (Wildman–Crippen MR) is 88.6 cm³/mol. The first kappa shape index (κ1) is 16.3. The molecule has 1 fully saturated rings. The van der Waals surface area contributed by atoms with Crippen molar-refractivity contribution < 1.29 is 13.9 Å². The van der Waals surface area contributed by atoms with Gasteiger partial charge in [-0.3, -0.25) is 0 Å². The summed E-state index contributed by atoms with van der Waals surface area (Å²) in [5, 5.41) is 0. The first-order valence-electron chi connectivity index (χ1n) is 8.03. The van der Waals surface area contributed by atoms with E-state index in [1.165, 1.54) is 23.3 Å². The van der Waals surface area contributed by atoms with E-state index >= 15 is 0 Å². The van der Waals surface area contributed by atoms with Crippen LogP contribution in [0.2, 0.25) is 0 Å². The lowest BCUT2D eigenvalue weighted by Crippen LogP contribution is -2.42. The lowest BCUT2D eigenvalue weighted by Gasteiger charge is -2.34. The molecule has 0 spiro atoms. The monoisotopic (exact) mass is 337 g/mol. The van der Waals surface area contributed by atoms with Gasteiger partial charge in [0.2, 0.25) is 0 Å². The summed E-state index contributed by atoms with van der Waals surface area (Å²) in [5.41, 5.74) is 3.21. The lowest BCUT2D eigenvalue weighted by molar-refractivity contribution is 0.0836. The van der Waals surface area contributed by atoms with E-state index in [0.29, 0.717) is 24.9 Å². The molecule has 1 aromatic rings. The summed E-state index contributed by atoms with van der Waals surface area (Å²) in [7, 11) is 0. The molecule has 3 nitrogen and oxygen atoms in total. The van der Waals surface area contributed by atoms with Gasteiger partial charge in [0.05, 0.1) is 0 Å². The van der Waals surface area contributed by atoms with E-state index < -0.39 is 5.56 Å². The average Bonchev–Trinajstić information content (AvgIpc) is 2.84. The SMILES string of the molecule is CC(Cl)OC(=O)N1CCC2=C(c3ccc(F)cc3)CC(C)C2C1. The predicted octanol–water partition coefficient (Wildman–Crippen LogP) is 4.66. The summed E-state index contributed by atoms with van der Waals surface area (Å²) in [4.78, 5) is 13.8. The number of hydrogen-bond acceptors (Lipinski definition) is 2. The fourth-order valence-electron chi connectivity index (χ4n) is 3.71. The standard InChI is InChI=1S/C18H21ClFNO2/c1-11-9-16(13-3-5-14(20)6-4-13)15-7-8-21(10-17(11)15)18(22)23-12(2)19/h3-6,11-12,17H,7-10H2,1-2H3. The molecule has 0 bridgehead atoms. The highest BCUT2D eigenvalue weighted by molar-refractivity contribution is 6.19. The molecule has 124 valence electrons. The maximum atomic E-state index is 13.1. The second-order valence-corrected chi connectivity index (χ2v) is 7.04. The normalized spacial score (nSPS) is 25.3. The van der Waals surface area contributed by atoms with Gasteiger partial charge in [0, 0.05) is 19.0 Å². The number of ether oxygens (including phenoxy) is 1. The molecule has 1 aromatic carbocycles. The van der Waals surface area contributed by atoms with Crippen LogP contribution in [0, 0.1) is 17.7 Å². The molecule has 23 heavy (non-hydrogen) atoms. The van der Waals surface area contributed by atoms with E-state index in [4.69, 9.17) is 16.3 Å². The summed E-state index contributed by atoms with van der Waals surface area (Å²) < 4.78 is 18.2. The minimum absolute atomic E-state index is 0.213. The first-order chi connectivity index (χ1) is 11.0. The second kappa shape index (κ2) is 6.52. The largest absolute Gasteiger partial charge is 0.430 e. The third kappa shape index (κ3) is 3.37. The quantitative estimate of drug-likeness (QED) is 0.734. The van der Waals surface area contributed by atoms with Gasteiger partial charge < -0.3 is 9.64 Å². The van der Waals surface area contributed by atoms with Crippen molar-refractivity contribution in [1.29, 1.82) is 0 Å². The minimum Gasteiger partial charge on any atom is -0.430 e. The number of benzene rings is 1. The van der Waals surface area contributed by atoms with Gasteiger partial charge in [0.15, 0.2) is 5.56 Å². The number of allylic oxidation sites excluding steroid dienone is 1. The van der Waals surface area contributed by atoms with E-state index in [1.807, 2.05) is 12.1 Å². The Balaban J connectivity index is 1.79. The smallest absolute Gasteiger partial charge is 0.411 e. The third-order valence-corrected chi connectivity index (χ3v) is 4.92. The number of alkyl halides is 1. The lowest BCUT2D eigenvalue weighted by atomic mass is 9.87. The highest BCUT2D eigenvalue weighted by Crippen LogP contribution is 2.45. The van der Waals surface area contributed by atoms with Crippen LogP contribution in [-0.2, 0) is 4.74 Å². The van der Waals surface area contributed by atoms with Crippen molar-refractivity contribution in [2.45, 2.75) is 32.3 Å². The van der Waals surface area contributed by atoms with Gasteiger partial charge in [0.1, 0.15) is 5.82 Å². The zero-order valence-corrected chi connectivity index (χ0v) is 14.1. The number of nitrogens with zero attached hydrogens (tertiary/aromatic N) is 1. The Bertz CT molecular complexity index is 626. The molecule has 2 aliphatic rings. The van der Waals surface area contributed by atoms with Gasteiger partial charge in [-0.05, 0) is 49.0 Å². The Morgan fingerprint density at radius 2 is 2.09 bits per heavy atom. The highest BCUT2D eigenvalue weighted by Gasteiger charge is 2.38. The summed E-state index contributed by atoms with van der Waals surface area (Å²) in [6.45, 7) is 5.16. The average molecular weight is 338 g/mol. The Hall–Kier alpha value is -1.55. The molecular formula is C18H21ClFNO2. The summed E-state index contributed by atoms with van der Waals surface area (Å²) in [5.74, 6) is 0.603. The number of likely N-dealkylation sites (tertiary alicyclic amines) is 1. The van der Waals surface area contributed by atoms with E-state index in [2.05, 4.69) is 6.92 Å². The minimum atomic E-state index is -0.616. The van der Waals surface area contributed by atoms with Crippen molar-refractivity contribution in [2.24, 2.45) is 11.8 Å². The number of amides is 1. The zero-order chi connectivity index (χ0) is 16.6. The Morgan fingerprint density at radius 1 is 1.39 bits per heavy atom. The number of fused-ring (bicyclic) bond motifs is 1. The van der Waals surface area contributed by atoms with Crippen LogP contribution in [0.25, 0.3) is 5.57 Å². The van der Waals surface area contributed by atoms with E-state index in [-0.39, 0.29) is 11.9 Å². The highest BCUT2D eigenvalue weighted by atomic mass is 35.5. The van der Waals surface area contributed by atoms with Crippen LogP contribution in [0.15, 0.2) is 29.8 Å². The van der Waals surface area contributed by atoms with Crippen LogP contribution in [0.4, 0.5) is 9.18 Å². The van der Waals surface area contributed by atoms with Gasteiger partial charge in [-0.25, -0.2) is 9.18 Å². The number of carbonyl (C=O) groups is 1. The maximum absolute atomic E-state index is 13.1. The fraction of sp³-hybridized carbons (Fsp3) is 0.500. The first-order valence-corrected chi connectivity index (χ1v) is 8.47. The van der Waals surface area contributed by atoms with Gasteiger partial charge in [-0.15, -0.1) is 0 Å². The van der Waals surface area contributed by atoms with E-state index in [9.17, 15) is 9.18 Å². The van der Waals surface area contributed by atoms with Crippen molar-refractivity contribution in [3.8, 4) is 0 Å². The topological polar surface area (TPSA) is 29.5 Å². The van der Waals surface area contributed by atoms with Crippen LogP contribution in [0.3, 0.4) is 0 Å². The Labute approximate surface area is 141 Å². The summed E-state index contributed by atoms with van der Waals surface area (Å²) >= 11 is 5.74. The summed E-state index contributed by atoms with van der Waals surface area (Å²) in [6, 6.07) is 6.72. The molecule has 1 aliphatic carbocycles. The molecule has 1 heterocycles. The molecule has 3 unspecified atom stereocenters. The number of piperidine rings is 1. The van der Waals surface area contributed by atoms with Gasteiger partial charge in [-0.2, -0.15) is 0 Å². The molecule has 1 amide bonds. The summed E-state index contributed by atoms with van der Waals surface area (Å²) in [6.07, 6.45) is 1.47. The molecule has 1 saturated heterocycles. The zero-order valence-electron chi connectivity index (χ0n) is 13.4. The van der Waals surface area contributed by atoms with Gasteiger partial charge in [-0.1, -0.05) is 36.2 Å².